The first kappa shape index (κ1) is 15.7. The van der Waals surface area contributed by atoms with Gasteiger partial charge in [-0.25, -0.2) is 0 Å². The van der Waals surface area contributed by atoms with Crippen molar-refractivity contribution in [3.8, 4) is 0 Å². The van der Waals surface area contributed by atoms with Gasteiger partial charge in [0, 0.05) is 16.4 Å². The molecular formula is C19H19NO2S. The van der Waals surface area contributed by atoms with E-state index in [-0.39, 0.29) is 17.6 Å². The van der Waals surface area contributed by atoms with Gasteiger partial charge in [-0.05, 0) is 31.4 Å². The number of ketones is 1. The van der Waals surface area contributed by atoms with Gasteiger partial charge in [0.2, 0.25) is 11.7 Å². The summed E-state index contributed by atoms with van der Waals surface area (Å²) in [6.07, 6.45) is 6.94. The van der Waals surface area contributed by atoms with E-state index >= 15 is 0 Å². The van der Waals surface area contributed by atoms with Crippen LogP contribution < -0.4 is 5.32 Å². The molecule has 1 aromatic heterocycles. The minimum Gasteiger partial charge on any atom is -0.351 e. The maximum Gasteiger partial charge on any atom is 0.223 e. The molecule has 1 aromatic carbocycles. The SMILES string of the molecule is O=C(c1ccccc1)c1ccc(CNC(=O)[C@@H]2CC=CCC2)s1. The molecule has 1 atom stereocenters. The maximum atomic E-state index is 12.4. The first-order valence-corrected chi connectivity index (χ1v) is 8.67. The lowest BCUT2D eigenvalue weighted by Gasteiger charge is -2.16. The first-order valence-electron chi connectivity index (χ1n) is 7.85. The van der Waals surface area contributed by atoms with Gasteiger partial charge >= 0.3 is 0 Å². The van der Waals surface area contributed by atoms with Crippen LogP contribution >= 0.6 is 11.3 Å². The first-order chi connectivity index (χ1) is 11.2. The van der Waals surface area contributed by atoms with Crippen molar-refractivity contribution in [1.29, 1.82) is 0 Å². The summed E-state index contributed by atoms with van der Waals surface area (Å²) in [5.41, 5.74) is 0.693. The molecule has 0 bridgehead atoms. The summed E-state index contributed by atoms with van der Waals surface area (Å²) < 4.78 is 0. The molecular weight excluding hydrogens is 306 g/mol. The number of benzene rings is 1. The Balaban J connectivity index is 1.58. The van der Waals surface area contributed by atoms with Crippen molar-refractivity contribution < 1.29 is 9.59 Å². The van der Waals surface area contributed by atoms with E-state index < -0.39 is 0 Å². The summed E-state index contributed by atoms with van der Waals surface area (Å²) in [6.45, 7) is 0.492. The van der Waals surface area contributed by atoms with Crippen LogP contribution in [0.15, 0.2) is 54.6 Å². The fourth-order valence-corrected chi connectivity index (χ4v) is 3.59. The van der Waals surface area contributed by atoms with E-state index in [0.29, 0.717) is 17.0 Å². The average molecular weight is 325 g/mol. The zero-order valence-corrected chi connectivity index (χ0v) is 13.6. The molecule has 3 rings (SSSR count). The molecule has 0 radical (unpaired) electrons. The number of allylic oxidation sites excluding steroid dienone is 2. The van der Waals surface area contributed by atoms with Crippen molar-refractivity contribution >= 4 is 23.0 Å². The van der Waals surface area contributed by atoms with E-state index in [9.17, 15) is 9.59 Å². The summed E-state index contributed by atoms with van der Waals surface area (Å²) in [6, 6.07) is 13.0. The Morgan fingerprint density at radius 2 is 1.91 bits per heavy atom. The van der Waals surface area contributed by atoms with E-state index in [1.165, 1.54) is 11.3 Å². The van der Waals surface area contributed by atoms with Crippen LogP contribution in [0.1, 0.15) is 39.4 Å². The fourth-order valence-electron chi connectivity index (χ4n) is 2.68. The average Bonchev–Trinajstić information content (AvgIpc) is 3.09. The van der Waals surface area contributed by atoms with Gasteiger partial charge in [0.1, 0.15) is 0 Å². The fraction of sp³-hybridized carbons (Fsp3) is 0.263. The van der Waals surface area contributed by atoms with E-state index in [0.717, 1.165) is 24.1 Å². The molecule has 1 heterocycles. The topological polar surface area (TPSA) is 46.2 Å². The van der Waals surface area contributed by atoms with Gasteiger partial charge in [0.15, 0.2) is 0 Å². The quantitative estimate of drug-likeness (QED) is 0.668. The molecule has 23 heavy (non-hydrogen) atoms. The van der Waals surface area contributed by atoms with E-state index in [1.54, 1.807) is 0 Å². The predicted octanol–water partition coefficient (Wildman–Crippen LogP) is 3.95. The summed E-state index contributed by atoms with van der Waals surface area (Å²) in [5.74, 6) is 0.231. The van der Waals surface area contributed by atoms with Gasteiger partial charge in [-0.3, -0.25) is 9.59 Å². The van der Waals surface area contributed by atoms with Crippen LogP contribution in [0.5, 0.6) is 0 Å². The zero-order valence-electron chi connectivity index (χ0n) is 12.8. The standard InChI is InChI=1S/C19H19NO2S/c21-18(14-7-3-1-4-8-14)17-12-11-16(23-17)13-20-19(22)15-9-5-2-6-10-15/h1-5,7-8,11-12,15H,6,9-10,13H2,(H,20,22)/t15-/m1/s1. The molecule has 1 amide bonds. The van der Waals surface area contributed by atoms with Crippen LogP contribution in [0.4, 0.5) is 0 Å². The summed E-state index contributed by atoms with van der Waals surface area (Å²) in [4.78, 5) is 26.2. The van der Waals surface area contributed by atoms with Crippen LogP contribution in [-0.2, 0) is 11.3 Å². The summed E-state index contributed by atoms with van der Waals surface area (Å²) in [5, 5.41) is 2.99. The Bertz CT molecular complexity index is 718. The number of thiophene rings is 1. The molecule has 3 nitrogen and oxygen atoms in total. The molecule has 2 aromatic rings. The smallest absolute Gasteiger partial charge is 0.223 e. The molecule has 0 aliphatic heterocycles. The predicted molar refractivity (Wildman–Crippen MR) is 92.5 cm³/mol. The number of nitrogens with one attached hydrogen (secondary N) is 1. The van der Waals surface area contributed by atoms with Crippen LogP contribution in [0.3, 0.4) is 0 Å². The lowest BCUT2D eigenvalue weighted by molar-refractivity contribution is -0.125. The van der Waals surface area contributed by atoms with Gasteiger partial charge < -0.3 is 5.32 Å². The Morgan fingerprint density at radius 3 is 2.65 bits per heavy atom. The molecule has 1 aliphatic rings. The Morgan fingerprint density at radius 1 is 1.09 bits per heavy atom. The third kappa shape index (κ3) is 3.96. The number of hydrogen-bond acceptors (Lipinski definition) is 3. The number of carbonyl (C=O) groups excluding carboxylic acids is 2. The lowest BCUT2D eigenvalue weighted by atomic mass is 9.94. The molecule has 118 valence electrons. The van der Waals surface area contributed by atoms with Gasteiger partial charge in [0.25, 0.3) is 0 Å². The minimum atomic E-state index is 0.0330. The van der Waals surface area contributed by atoms with Crippen molar-refractivity contribution in [2.24, 2.45) is 5.92 Å². The molecule has 0 spiro atoms. The number of amides is 1. The Kier molecular flexibility index (Phi) is 5.03. The van der Waals surface area contributed by atoms with Crippen molar-refractivity contribution in [2.45, 2.75) is 25.8 Å². The van der Waals surface area contributed by atoms with Crippen LogP contribution in [0, 0.1) is 5.92 Å². The lowest BCUT2D eigenvalue weighted by Crippen LogP contribution is -2.30. The van der Waals surface area contributed by atoms with E-state index in [2.05, 4.69) is 17.5 Å². The molecule has 4 heteroatoms. The highest BCUT2D eigenvalue weighted by molar-refractivity contribution is 7.14. The highest BCUT2D eigenvalue weighted by Crippen LogP contribution is 2.21. The van der Waals surface area contributed by atoms with E-state index in [1.807, 2.05) is 42.5 Å². The monoisotopic (exact) mass is 325 g/mol. The number of carbonyl (C=O) groups is 2. The zero-order chi connectivity index (χ0) is 16.1. The van der Waals surface area contributed by atoms with Crippen molar-refractivity contribution in [3.63, 3.8) is 0 Å². The highest BCUT2D eigenvalue weighted by atomic mass is 32.1. The minimum absolute atomic E-state index is 0.0330. The summed E-state index contributed by atoms with van der Waals surface area (Å²) >= 11 is 1.45. The van der Waals surface area contributed by atoms with Gasteiger partial charge in [-0.15, -0.1) is 11.3 Å². The molecule has 1 aliphatic carbocycles. The van der Waals surface area contributed by atoms with Gasteiger partial charge in [0.05, 0.1) is 11.4 Å². The molecule has 1 N–H and O–H groups in total. The number of hydrogen-bond donors (Lipinski definition) is 1. The van der Waals surface area contributed by atoms with Crippen molar-refractivity contribution in [3.05, 3.63) is 69.9 Å². The van der Waals surface area contributed by atoms with Crippen LogP contribution in [0.25, 0.3) is 0 Å². The van der Waals surface area contributed by atoms with Crippen molar-refractivity contribution in [2.75, 3.05) is 0 Å². The van der Waals surface area contributed by atoms with E-state index in [4.69, 9.17) is 0 Å². The second-order valence-electron chi connectivity index (χ2n) is 5.66. The second kappa shape index (κ2) is 7.38. The van der Waals surface area contributed by atoms with Crippen LogP contribution in [-0.4, -0.2) is 11.7 Å². The third-order valence-corrected chi connectivity index (χ3v) is 5.08. The molecule has 0 fully saturated rings. The Hall–Kier alpha value is -2.20. The Labute approximate surface area is 140 Å². The molecule has 0 saturated heterocycles. The van der Waals surface area contributed by atoms with Crippen molar-refractivity contribution in [1.82, 2.24) is 5.32 Å². The summed E-state index contributed by atoms with van der Waals surface area (Å²) in [7, 11) is 0. The highest BCUT2D eigenvalue weighted by Gasteiger charge is 2.18. The third-order valence-electron chi connectivity index (χ3n) is 4.00. The maximum absolute atomic E-state index is 12.4. The van der Waals surface area contributed by atoms with Gasteiger partial charge in [-0.1, -0.05) is 42.5 Å². The largest absolute Gasteiger partial charge is 0.351 e. The molecule has 0 unspecified atom stereocenters. The number of rotatable bonds is 5. The second-order valence-corrected chi connectivity index (χ2v) is 6.83. The normalized spacial score (nSPS) is 17.0. The van der Waals surface area contributed by atoms with Crippen LogP contribution in [0.2, 0.25) is 0 Å². The van der Waals surface area contributed by atoms with Gasteiger partial charge in [-0.2, -0.15) is 0 Å². The molecule has 0 saturated carbocycles.